The van der Waals surface area contributed by atoms with Crippen molar-refractivity contribution in [2.75, 3.05) is 14.2 Å². The number of ether oxygens (including phenoxy) is 1. The van der Waals surface area contributed by atoms with Crippen molar-refractivity contribution in [2.45, 2.75) is 6.54 Å². The highest BCUT2D eigenvalue weighted by Gasteiger charge is 2.15. The van der Waals surface area contributed by atoms with Gasteiger partial charge in [0.25, 0.3) is 0 Å². The van der Waals surface area contributed by atoms with E-state index in [4.69, 9.17) is 4.74 Å². The van der Waals surface area contributed by atoms with E-state index in [0.717, 1.165) is 12.1 Å². The fourth-order valence-electron chi connectivity index (χ4n) is 1.75. The average Bonchev–Trinajstić information content (AvgIpc) is 2.80. The van der Waals surface area contributed by atoms with E-state index >= 15 is 0 Å². The molecule has 2 aromatic rings. The molecule has 4 nitrogen and oxygen atoms in total. The molecule has 0 aliphatic carbocycles. The van der Waals surface area contributed by atoms with Crippen LogP contribution in [0.4, 0.5) is 8.78 Å². The molecule has 2 N–H and O–H groups in total. The molecule has 1 aromatic carbocycles. The van der Waals surface area contributed by atoms with E-state index in [1.807, 2.05) is 0 Å². The predicted octanol–water partition coefficient (Wildman–Crippen LogP) is 2.08. The quantitative estimate of drug-likeness (QED) is 0.877. The minimum absolute atomic E-state index is 0.116. The van der Waals surface area contributed by atoms with Crippen LogP contribution in [0.15, 0.2) is 18.3 Å². The molecule has 0 saturated carbocycles. The van der Waals surface area contributed by atoms with Crippen molar-refractivity contribution in [3.63, 3.8) is 0 Å². The zero-order chi connectivity index (χ0) is 13.1. The Hall–Kier alpha value is -1.95. The number of halogens is 2. The van der Waals surface area contributed by atoms with E-state index < -0.39 is 11.6 Å². The van der Waals surface area contributed by atoms with Gasteiger partial charge in [0, 0.05) is 23.7 Å². The van der Waals surface area contributed by atoms with Crippen LogP contribution in [0.1, 0.15) is 5.69 Å². The van der Waals surface area contributed by atoms with E-state index in [0.29, 0.717) is 17.8 Å². The molecule has 0 atom stereocenters. The number of rotatable bonds is 4. The summed E-state index contributed by atoms with van der Waals surface area (Å²) in [7, 11) is 3.05. The molecule has 2 rings (SSSR count). The number of hydrogen-bond donors (Lipinski definition) is 2. The Bertz CT molecular complexity index is 554. The maximum absolute atomic E-state index is 13.9. The van der Waals surface area contributed by atoms with Gasteiger partial charge in [-0.25, -0.2) is 8.78 Å². The molecule has 0 saturated heterocycles. The van der Waals surface area contributed by atoms with Gasteiger partial charge in [-0.05, 0) is 13.1 Å². The van der Waals surface area contributed by atoms with Gasteiger partial charge in [0.15, 0.2) is 11.6 Å². The third-order valence-corrected chi connectivity index (χ3v) is 2.60. The third-order valence-electron chi connectivity index (χ3n) is 2.60. The number of benzene rings is 1. The molecule has 96 valence electrons. The van der Waals surface area contributed by atoms with Crippen LogP contribution in [-0.4, -0.2) is 24.4 Å². The molecule has 0 unspecified atom stereocenters. The number of nitrogens with zero attached hydrogens (tertiary/aromatic N) is 1. The lowest BCUT2D eigenvalue weighted by molar-refractivity contribution is 0.383. The van der Waals surface area contributed by atoms with E-state index in [2.05, 4.69) is 15.5 Å². The minimum Gasteiger partial charge on any atom is -0.494 e. The van der Waals surface area contributed by atoms with Crippen molar-refractivity contribution in [3.05, 3.63) is 35.7 Å². The smallest absolute Gasteiger partial charge is 0.165 e. The molecule has 18 heavy (non-hydrogen) atoms. The van der Waals surface area contributed by atoms with Gasteiger partial charge in [-0.3, -0.25) is 5.10 Å². The largest absolute Gasteiger partial charge is 0.494 e. The molecule has 0 amide bonds. The van der Waals surface area contributed by atoms with E-state index in [1.54, 1.807) is 7.05 Å². The minimum atomic E-state index is -0.606. The normalized spacial score (nSPS) is 10.7. The lowest BCUT2D eigenvalue weighted by Crippen LogP contribution is -2.06. The third kappa shape index (κ3) is 2.19. The second-order valence-electron chi connectivity index (χ2n) is 3.76. The Balaban J connectivity index is 2.50. The van der Waals surface area contributed by atoms with Gasteiger partial charge in [0.2, 0.25) is 0 Å². The van der Waals surface area contributed by atoms with Gasteiger partial charge >= 0.3 is 0 Å². The number of methoxy groups -OCH3 is 1. The molecule has 6 heteroatoms. The van der Waals surface area contributed by atoms with Crippen LogP contribution in [0.2, 0.25) is 0 Å². The van der Waals surface area contributed by atoms with Crippen LogP contribution in [0, 0.1) is 11.6 Å². The molecule has 0 bridgehead atoms. The highest BCUT2D eigenvalue weighted by Crippen LogP contribution is 2.30. The van der Waals surface area contributed by atoms with Crippen LogP contribution in [0.5, 0.6) is 5.75 Å². The Morgan fingerprint density at radius 2 is 2.06 bits per heavy atom. The first-order valence-electron chi connectivity index (χ1n) is 5.37. The molecule has 0 fully saturated rings. The van der Waals surface area contributed by atoms with Crippen molar-refractivity contribution >= 4 is 0 Å². The average molecular weight is 253 g/mol. The Morgan fingerprint density at radius 1 is 1.28 bits per heavy atom. The van der Waals surface area contributed by atoms with Gasteiger partial charge in [-0.2, -0.15) is 5.10 Å². The first-order chi connectivity index (χ1) is 8.67. The summed E-state index contributed by atoms with van der Waals surface area (Å²) in [6.07, 6.45) is 1.47. The fourth-order valence-corrected chi connectivity index (χ4v) is 1.75. The van der Waals surface area contributed by atoms with Gasteiger partial charge < -0.3 is 10.1 Å². The lowest BCUT2D eigenvalue weighted by atomic mass is 10.1. The van der Waals surface area contributed by atoms with Crippen LogP contribution in [0.25, 0.3) is 11.1 Å². The monoisotopic (exact) mass is 253 g/mol. The van der Waals surface area contributed by atoms with Gasteiger partial charge in [-0.1, -0.05) is 0 Å². The SMILES string of the molecule is CNCc1[nH]ncc1-c1cc(F)c(OC)cc1F. The molecule has 0 aliphatic rings. The first kappa shape index (κ1) is 12.5. The van der Waals surface area contributed by atoms with Crippen molar-refractivity contribution in [3.8, 4) is 16.9 Å². The zero-order valence-electron chi connectivity index (χ0n) is 10.1. The van der Waals surface area contributed by atoms with Crippen molar-refractivity contribution < 1.29 is 13.5 Å². The standard InChI is InChI=1S/C12H13F2N3O/c1-15-6-11-8(5-16-17-11)7-3-10(14)12(18-2)4-9(7)13/h3-5,15H,6H2,1-2H3,(H,16,17). The number of aromatic nitrogens is 2. The fraction of sp³-hybridized carbons (Fsp3) is 0.250. The summed E-state index contributed by atoms with van der Waals surface area (Å²) in [6, 6.07) is 2.14. The van der Waals surface area contributed by atoms with Crippen LogP contribution >= 0.6 is 0 Å². The van der Waals surface area contributed by atoms with Gasteiger partial charge in [0.1, 0.15) is 5.82 Å². The lowest BCUT2D eigenvalue weighted by Gasteiger charge is -2.07. The molecule has 1 aromatic heterocycles. The Labute approximate surface area is 103 Å². The summed E-state index contributed by atoms with van der Waals surface area (Å²) in [5, 5.41) is 9.52. The Morgan fingerprint density at radius 3 is 2.72 bits per heavy atom. The second kappa shape index (κ2) is 5.14. The van der Waals surface area contributed by atoms with E-state index in [9.17, 15) is 8.78 Å². The molecule has 0 spiro atoms. The van der Waals surface area contributed by atoms with Crippen molar-refractivity contribution in [1.29, 1.82) is 0 Å². The molecule has 1 heterocycles. The number of aromatic amines is 1. The predicted molar refractivity (Wildman–Crippen MR) is 63.3 cm³/mol. The first-order valence-corrected chi connectivity index (χ1v) is 5.37. The summed E-state index contributed by atoms with van der Waals surface area (Å²) in [5.41, 5.74) is 1.39. The topological polar surface area (TPSA) is 49.9 Å². The second-order valence-corrected chi connectivity index (χ2v) is 3.76. The highest BCUT2D eigenvalue weighted by atomic mass is 19.1. The van der Waals surface area contributed by atoms with E-state index in [-0.39, 0.29) is 11.3 Å². The van der Waals surface area contributed by atoms with Crippen LogP contribution in [-0.2, 0) is 6.54 Å². The van der Waals surface area contributed by atoms with Crippen LogP contribution < -0.4 is 10.1 Å². The van der Waals surface area contributed by atoms with E-state index in [1.165, 1.54) is 13.3 Å². The molecular weight excluding hydrogens is 240 g/mol. The summed E-state index contributed by atoms with van der Waals surface area (Å²) in [6.45, 7) is 0.489. The van der Waals surface area contributed by atoms with Gasteiger partial charge in [-0.15, -0.1) is 0 Å². The maximum Gasteiger partial charge on any atom is 0.165 e. The maximum atomic E-state index is 13.9. The summed E-state index contributed by atoms with van der Waals surface area (Å²) in [4.78, 5) is 0. The summed E-state index contributed by atoms with van der Waals surface area (Å²) in [5.74, 6) is -1.27. The number of H-pyrrole nitrogens is 1. The summed E-state index contributed by atoms with van der Waals surface area (Å²) < 4.78 is 32.2. The van der Waals surface area contributed by atoms with Crippen LogP contribution in [0.3, 0.4) is 0 Å². The summed E-state index contributed by atoms with van der Waals surface area (Å²) >= 11 is 0. The van der Waals surface area contributed by atoms with Crippen molar-refractivity contribution in [1.82, 2.24) is 15.5 Å². The number of hydrogen-bond acceptors (Lipinski definition) is 3. The highest BCUT2D eigenvalue weighted by molar-refractivity contribution is 5.67. The zero-order valence-corrected chi connectivity index (χ0v) is 10.1. The molecular formula is C12H13F2N3O. The molecule has 0 radical (unpaired) electrons. The Kier molecular flexibility index (Phi) is 3.57. The van der Waals surface area contributed by atoms with Gasteiger partial charge in [0.05, 0.1) is 19.0 Å². The van der Waals surface area contributed by atoms with Crippen molar-refractivity contribution in [2.24, 2.45) is 0 Å². The number of nitrogens with one attached hydrogen (secondary N) is 2. The molecule has 0 aliphatic heterocycles.